The van der Waals surface area contributed by atoms with Crippen molar-refractivity contribution in [3.8, 4) is 5.75 Å². The largest absolute Gasteiger partial charge is 0.497 e. The Morgan fingerprint density at radius 3 is 1.95 bits per heavy atom. The van der Waals surface area contributed by atoms with Crippen molar-refractivity contribution in [2.24, 2.45) is 10.9 Å². The maximum atomic E-state index is 12.9. The van der Waals surface area contributed by atoms with Crippen LogP contribution >= 0.6 is 0 Å². The monoisotopic (exact) mass is 518 g/mol. The van der Waals surface area contributed by atoms with Gasteiger partial charge in [0.05, 0.1) is 26.0 Å². The van der Waals surface area contributed by atoms with Crippen molar-refractivity contribution < 1.29 is 28.6 Å². The van der Waals surface area contributed by atoms with Crippen LogP contribution in [0.1, 0.15) is 97.5 Å². The van der Waals surface area contributed by atoms with Crippen LogP contribution in [-0.4, -0.2) is 50.0 Å². The summed E-state index contributed by atoms with van der Waals surface area (Å²) in [7, 11) is 1.56. The number of esters is 1. The number of carbonyl (C=O) groups is 3. The number of ether oxygens (including phenoxy) is 3. The summed E-state index contributed by atoms with van der Waals surface area (Å²) in [5.74, 6) is -0.800. The normalized spacial score (nSPS) is 12.9. The summed E-state index contributed by atoms with van der Waals surface area (Å²) < 4.78 is 15.5. The highest BCUT2D eigenvalue weighted by molar-refractivity contribution is 6.09. The molecular formula is C29H46N2O6. The van der Waals surface area contributed by atoms with Gasteiger partial charge in [-0.25, -0.2) is 9.59 Å². The predicted octanol–water partition coefficient (Wildman–Crippen LogP) is 6.25. The van der Waals surface area contributed by atoms with Crippen molar-refractivity contribution >= 4 is 23.7 Å². The van der Waals surface area contributed by atoms with E-state index in [-0.39, 0.29) is 19.1 Å². The SMILES string of the molecule is CCCCCCCCCCCC(=O)N[C@@H](C(=O)OCC)[C@@H](C)C(=NC(=O)OCC)c1ccc(OC)cc1. The molecule has 1 N–H and O–H groups in total. The average Bonchev–Trinajstić information content (AvgIpc) is 2.89. The molecule has 1 aromatic carbocycles. The van der Waals surface area contributed by atoms with Crippen LogP contribution in [0.25, 0.3) is 0 Å². The fraction of sp³-hybridized carbons (Fsp3) is 0.655. The van der Waals surface area contributed by atoms with E-state index in [1.54, 1.807) is 52.1 Å². The van der Waals surface area contributed by atoms with Gasteiger partial charge in [-0.3, -0.25) is 4.79 Å². The number of rotatable bonds is 18. The second kappa shape index (κ2) is 19.2. The van der Waals surface area contributed by atoms with Crippen molar-refractivity contribution in [1.29, 1.82) is 0 Å². The van der Waals surface area contributed by atoms with Crippen molar-refractivity contribution in [1.82, 2.24) is 5.32 Å². The smallest absolute Gasteiger partial charge is 0.433 e. The molecule has 2 amide bonds. The van der Waals surface area contributed by atoms with Gasteiger partial charge in [0.2, 0.25) is 5.91 Å². The Morgan fingerprint density at radius 1 is 0.838 bits per heavy atom. The zero-order chi connectivity index (χ0) is 27.5. The summed E-state index contributed by atoms with van der Waals surface area (Å²) in [6.45, 7) is 7.69. The fourth-order valence-corrected chi connectivity index (χ4v) is 4.06. The Morgan fingerprint density at radius 2 is 1.41 bits per heavy atom. The molecule has 0 aliphatic heterocycles. The molecule has 8 nitrogen and oxygen atoms in total. The van der Waals surface area contributed by atoms with E-state index < -0.39 is 24.0 Å². The van der Waals surface area contributed by atoms with E-state index >= 15 is 0 Å². The van der Waals surface area contributed by atoms with Crippen LogP contribution in [0.4, 0.5) is 4.79 Å². The molecule has 0 unspecified atom stereocenters. The number of methoxy groups -OCH3 is 1. The lowest BCUT2D eigenvalue weighted by atomic mass is 9.91. The summed E-state index contributed by atoms with van der Waals surface area (Å²) >= 11 is 0. The maximum Gasteiger partial charge on any atom is 0.433 e. The Hall–Kier alpha value is -2.90. The molecule has 0 bridgehead atoms. The number of unbranched alkanes of at least 4 members (excludes halogenated alkanes) is 8. The third kappa shape index (κ3) is 12.8. The lowest BCUT2D eigenvalue weighted by Crippen LogP contribution is -2.48. The van der Waals surface area contributed by atoms with Crippen LogP contribution in [0.5, 0.6) is 5.75 Å². The Kier molecular flexibility index (Phi) is 16.7. The number of aliphatic imine (C=N–C) groups is 1. The van der Waals surface area contributed by atoms with Gasteiger partial charge in [0.25, 0.3) is 0 Å². The molecule has 0 radical (unpaired) electrons. The van der Waals surface area contributed by atoms with Crippen LogP contribution in [0, 0.1) is 5.92 Å². The molecule has 8 heteroatoms. The first-order valence-electron chi connectivity index (χ1n) is 13.7. The number of hydrogen-bond donors (Lipinski definition) is 1. The van der Waals surface area contributed by atoms with Crippen molar-refractivity contribution in [3.05, 3.63) is 29.8 Å². The average molecular weight is 519 g/mol. The van der Waals surface area contributed by atoms with Gasteiger partial charge in [-0.15, -0.1) is 0 Å². The molecule has 0 spiro atoms. The van der Waals surface area contributed by atoms with Crippen LogP contribution in [0.2, 0.25) is 0 Å². The van der Waals surface area contributed by atoms with E-state index in [0.29, 0.717) is 23.4 Å². The molecule has 1 rings (SSSR count). The summed E-state index contributed by atoms with van der Waals surface area (Å²) in [5, 5.41) is 2.83. The fourth-order valence-electron chi connectivity index (χ4n) is 4.06. The topological polar surface area (TPSA) is 103 Å². The van der Waals surface area contributed by atoms with Gasteiger partial charge in [-0.05, 0) is 50.1 Å². The molecule has 37 heavy (non-hydrogen) atoms. The lowest BCUT2D eigenvalue weighted by molar-refractivity contribution is -0.148. The van der Waals surface area contributed by atoms with Crippen molar-refractivity contribution in [2.45, 2.75) is 97.9 Å². The first-order chi connectivity index (χ1) is 17.9. The van der Waals surface area contributed by atoms with Crippen LogP contribution in [0.3, 0.4) is 0 Å². The highest BCUT2D eigenvalue weighted by Gasteiger charge is 2.32. The molecular weight excluding hydrogens is 472 g/mol. The van der Waals surface area contributed by atoms with E-state index in [0.717, 1.165) is 19.3 Å². The molecule has 0 aliphatic rings. The number of carbonyl (C=O) groups excluding carboxylic acids is 3. The van der Waals surface area contributed by atoms with Gasteiger partial charge in [0.1, 0.15) is 11.8 Å². The van der Waals surface area contributed by atoms with E-state index in [1.165, 1.54) is 38.5 Å². The number of amides is 2. The summed E-state index contributed by atoms with van der Waals surface area (Å²) in [5.41, 5.74) is 0.936. The maximum absolute atomic E-state index is 12.9. The number of hydrogen-bond acceptors (Lipinski definition) is 6. The van der Waals surface area contributed by atoms with Gasteiger partial charge >= 0.3 is 12.1 Å². The highest BCUT2D eigenvalue weighted by Crippen LogP contribution is 2.20. The number of benzene rings is 1. The van der Waals surface area contributed by atoms with E-state index in [2.05, 4.69) is 17.2 Å². The Bertz CT molecular complexity index is 837. The van der Waals surface area contributed by atoms with Gasteiger partial charge in [-0.1, -0.05) is 65.2 Å². The Balaban J connectivity index is 2.89. The zero-order valence-corrected chi connectivity index (χ0v) is 23.3. The van der Waals surface area contributed by atoms with E-state index in [9.17, 15) is 14.4 Å². The molecule has 0 saturated carbocycles. The summed E-state index contributed by atoms with van der Waals surface area (Å²) in [4.78, 5) is 42.0. The first kappa shape index (κ1) is 32.1. The molecule has 2 atom stereocenters. The van der Waals surface area contributed by atoms with Crippen LogP contribution < -0.4 is 10.1 Å². The Labute approximate surface area is 222 Å². The van der Waals surface area contributed by atoms with Gasteiger partial charge in [0.15, 0.2) is 0 Å². The lowest BCUT2D eigenvalue weighted by Gasteiger charge is -2.25. The predicted molar refractivity (Wildman–Crippen MR) is 146 cm³/mol. The minimum absolute atomic E-state index is 0.170. The van der Waals surface area contributed by atoms with Crippen molar-refractivity contribution in [3.63, 3.8) is 0 Å². The van der Waals surface area contributed by atoms with Gasteiger partial charge in [0, 0.05) is 12.3 Å². The second-order valence-electron chi connectivity index (χ2n) is 9.09. The molecule has 0 aromatic heterocycles. The van der Waals surface area contributed by atoms with Gasteiger partial charge in [-0.2, -0.15) is 4.99 Å². The zero-order valence-electron chi connectivity index (χ0n) is 23.3. The van der Waals surface area contributed by atoms with E-state index in [4.69, 9.17) is 14.2 Å². The molecule has 0 saturated heterocycles. The van der Waals surface area contributed by atoms with Crippen LogP contribution in [0.15, 0.2) is 29.3 Å². The third-order valence-corrected chi connectivity index (χ3v) is 6.16. The minimum atomic E-state index is -0.999. The quantitative estimate of drug-likeness (QED) is 0.140. The number of nitrogens with one attached hydrogen (secondary N) is 1. The minimum Gasteiger partial charge on any atom is -0.497 e. The first-order valence-corrected chi connectivity index (χ1v) is 13.7. The molecule has 208 valence electrons. The van der Waals surface area contributed by atoms with Gasteiger partial charge < -0.3 is 19.5 Å². The summed E-state index contributed by atoms with van der Waals surface area (Å²) in [6.07, 6.45) is 9.93. The standard InChI is InChI=1S/C29H46N2O6/c1-6-9-10-11-12-13-14-15-16-17-25(32)30-27(28(33)36-7-2)22(4)26(31-29(34)37-8-3)23-18-20-24(35-5)21-19-23/h18-22,27H,6-17H2,1-5H3,(H,30,32)/t22-,27+/m0/s1. The van der Waals surface area contributed by atoms with Crippen molar-refractivity contribution in [2.75, 3.05) is 20.3 Å². The van der Waals surface area contributed by atoms with Crippen LogP contribution in [-0.2, 0) is 19.1 Å². The number of nitrogens with zero attached hydrogens (tertiary/aromatic N) is 1. The molecule has 1 aromatic rings. The van der Waals surface area contributed by atoms with E-state index in [1.807, 2.05) is 0 Å². The molecule has 0 heterocycles. The summed E-state index contributed by atoms with van der Waals surface area (Å²) in [6, 6.07) is 5.98. The highest BCUT2D eigenvalue weighted by atomic mass is 16.5. The molecule has 0 aliphatic carbocycles. The third-order valence-electron chi connectivity index (χ3n) is 6.16. The second-order valence-corrected chi connectivity index (χ2v) is 9.09. The molecule has 0 fully saturated rings.